The molecule has 0 heterocycles. The van der Waals surface area contributed by atoms with Gasteiger partial charge in [-0.05, 0) is 24.0 Å². The van der Waals surface area contributed by atoms with Crippen LogP contribution in [-0.4, -0.2) is 5.11 Å². The maximum Gasteiger partial charge on any atom is 0.0852 e. The van der Waals surface area contributed by atoms with E-state index in [4.69, 9.17) is 0 Å². The quantitative estimate of drug-likeness (QED) is 0.765. The fourth-order valence-corrected chi connectivity index (χ4v) is 2.28. The first-order chi connectivity index (χ1) is 9.31. The number of hydrogen-bond acceptors (Lipinski definition) is 1. The Bertz CT molecular complexity index is 490. The highest BCUT2D eigenvalue weighted by Gasteiger charge is 2.17. The van der Waals surface area contributed by atoms with Gasteiger partial charge in [0.05, 0.1) is 6.10 Å². The van der Waals surface area contributed by atoms with Crippen LogP contribution in [0.1, 0.15) is 23.7 Å². The molecule has 1 N–H and O–H groups in total. The van der Waals surface area contributed by atoms with Crippen molar-refractivity contribution in [1.29, 1.82) is 0 Å². The van der Waals surface area contributed by atoms with E-state index >= 15 is 0 Å². The van der Waals surface area contributed by atoms with E-state index in [1.807, 2.05) is 54.6 Å². The molecule has 2 atom stereocenters. The fraction of sp³-hybridized carbons (Fsp3) is 0.222. The molecule has 0 aliphatic carbocycles. The topological polar surface area (TPSA) is 20.2 Å². The molecule has 0 bridgehead atoms. The minimum atomic E-state index is -0.470. The minimum absolute atomic E-state index is 0.0857. The van der Waals surface area contributed by atoms with Gasteiger partial charge in [0.15, 0.2) is 0 Å². The number of aliphatic hydroxyl groups is 1. The second kappa shape index (κ2) is 6.91. The summed E-state index contributed by atoms with van der Waals surface area (Å²) in [6.45, 7) is 3.86. The van der Waals surface area contributed by atoms with Crippen LogP contribution in [0.5, 0.6) is 0 Å². The Morgan fingerprint density at radius 2 is 1.53 bits per heavy atom. The number of hydrogen-bond donors (Lipinski definition) is 1. The van der Waals surface area contributed by atoms with Crippen molar-refractivity contribution in [2.45, 2.75) is 18.9 Å². The van der Waals surface area contributed by atoms with Gasteiger partial charge in [-0.3, -0.25) is 0 Å². The molecule has 1 nitrogen and oxygen atoms in total. The van der Waals surface area contributed by atoms with Gasteiger partial charge in [0.1, 0.15) is 0 Å². The lowest BCUT2D eigenvalue weighted by atomic mass is 9.90. The first-order valence-corrected chi connectivity index (χ1v) is 6.70. The van der Waals surface area contributed by atoms with Crippen molar-refractivity contribution in [2.24, 2.45) is 5.92 Å². The van der Waals surface area contributed by atoms with Crippen molar-refractivity contribution in [3.05, 3.63) is 84.4 Å². The van der Waals surface area contributed by atoms with Crippen LogP contribution >= 0.6 is 0 Å². The minimum Gasteiger partial charge on any atom is -0.388 e. The molecule has 2 aromatic rings. The normalized spacial score (nSPS) is 13.7. The van der Waals surface area contributed by atoms with Gasteiger partial charge in [-0.2, -0.15) is 0 Å². The second-order valence-corrected chi connectivity index (χ2v) is 4.78. The number of aryl methyl sites for hydroxylation is 1. The molecule has 0 aliphatic heterocycles. The summed E-state index contributed by atoms with van der Waals surface area (Å²) in [5.74, 6) is 0.0857. The van der Waals surface area contributed by atoms with E-state index in [1.165, 1.54) is 5.56 Å². The van der Waals surface area contributed by atoms with Crippen LogP contribution < -0.4 is 0 Å². The van der Waals surface area contributed by atoms with E-state index < -0.39 is 6.10 Å². The average Bonchev–Trinajstić information content (AvgIpc) is 2.49. The lowest BCUT2D eigenvalue weighted by molar-refractivity contribution is 0.127. The summed E-state index contributed by atoms with van der Waals surface area (Å²) in [6, 6.07) is 20.2. The predicted octanol–water partition coefficient (Wildman–Crippen LogP) is 4.16. The Hall–Kier alpha value is -1.86. The van der Waals surface area contributed by atoms with Crippen LogP contribution in [0.4, 0.5) is 0 Å². The van der Waals surface area contributed by atoms with Gasteiger partial charge in [-0.1, -0.05) is 66.7 Å². The maximum absolute atomic E-state index is 10.4. The molecule has 0 aliphatic rings. The second-order valence-electron chi connectivity index (χ2n) is 4.78. The zero-order valence-electron chi connectivity index (χ0n) is 11.1. The van der Waals surface area contributed by atoms with Crippen molar-refractivity contribution < 1.29 is 5.11 Å². The molecule has 1 heteroatoms. The lowest BCUT2D eigenvalue weighted by Gasteiger charge is -2.20. The van der Waals surface area contributed by atoms with E-state index in [2.05, 4.69) is 18.7 Å². The van der Waals surface area contributed by atoms with Gasteiger partial charge in [0, 0.05) is 5.92 Å². The summed E-state index contributed by atoms with van der Waals surface area (Å²) in [4.78, 5) is 0. The van der Waals surface area contributed by atoms with Crippen molar-refractivity contribution in [1.82, 2.24) is 0 Å². The molecule has 2 aromatic carbocycles. The van der Waals surface area contributed by atoms with Crippen LogP contribution in [0.15, 0.2) is 73.3 Å². The van der Waals surface area contributed by atoms with Crippen LogP contribution in [0, 0.1) is 5.92 Å². The highest BCUT2D eigenvalue weighted by Crippen LogP contribution is 2.26. The molecule has 0 fully saturated rings. The molecule has 19 heavy (non-hydrogen) atoms. The van der Waals surface area contributed by atoms with Gasteiger partial charge in [0.25, 0.3) is 0 Å². The third-order valence-corrected chi connectivity index (χ3v) is 3.46. The summed E-state index contributed by atoms with van der Waals surface area (Å²) in [5, 5.41) is 10.4. The van der Waals surface area contributed by atoms with E-state index in [1.54, 1.807) is 0 Å². The number of aliphatic hydroxyl groups excluding tert-OH is 1. The smallest absolute Gasteiger partial charge is 0.0852 e. The van der Waals surface area contributed by atoms with Gasteiger partial charge in [-0.25, -0.2) is 0 Å². The number of rotatable bonds is 6. The third kappa shape index (κ3) is 3.80. The molecule has 0 unspecified atom stereocenters. The zero-order chi connectivity index (χ0) is 13.5. The van der Waals surface area contributed by atoms with Gasteiger partial charge < -0.3 is 5.11 Å². The Morgan fingerprint density at radius 1 is 0.947 bits per heavy atom. The lowest BCUT2D eigenvalue weighted by Crippen LogP contribution is -2.11. The highest BCUT2D eigenvalue weighted by molar-refractivity contribution is 5.20. The molecule has 0 spiro atoms. The van der Waals surface area contributed by atoms with E-state index in [9.17, 15) is 5.11 Å². The molecule has 0 radical (unpaired) electrons. The van der Waals surface area contributed by atoms with Gasteiger partial charge in [-0.15, -0.1) is 6.58 Å². The van der Waals surface area contributed by atoms with Crippen molar-refractivity contribution in [2.75, 3.05) is 0 Å². The molecule has 0 saturated carbocycles. The third-order valence-electron chi connectivity index (χ3n) is 3.46. The maximum atomic E-state index is 10.4. The fourth-order valence-electron chi connectivity index (χ4n) is 2.28. The monoisotopic (exact) mass is 252 g/mol. The first-order valence-electron chi connectivity index (χ1n) is 6.70. The summed E-state index contributed by atoms with van der Waals surface area (Å²) in [7, 11) is 0. The van der Waals surface area contributed by atoms with Crippen molar-refractivity contribution in [3.8, 4) is 0 Å². The van der Waals surface area contributed by atoms with E-state index in [0.29, 0.717) is 0 Å². The molecular formula is C18H20O. The predicted molar refractivity (Wildman–Crippen MR) is 79.9 cm³/mol. The Labute approximate surface area is 115 Å². The van der Waals surface area contributed by atoms with Gasteiger partial charge in [0.2, 0.25) is 0 Å². The summed E-state index contributed by atoms with van der Waals surface area (Å²) in [6.07, 6.45) is 3.26. The van der Waals surface area contributed by atoms with Crippen molar-refractivity contribution >= 4 is 0 Å². The van der Waals surface area contributed by atoms with Gasteiger partial charge >= 0.3 is 0 Å². The van der Waals surface area contributed by atoms with Crippen LogP contribution in [0.25, 0.3) is 0 Å². The van der Waals surface area contributed by atoms with E-state index in [0.717, 1.165) is 18.4 Å². The van der Waals surface area contributed by atoms with E-state index in [-0.39, 0.29) is 5.92 Å². The van der Waals surface area contributed by atoms with Crippen LogP contribution in [-0.2, 0) is 6.42 Å². The Balaban J connectivity index is 1.99. The molecular weight excluding hydrogens is 232 g/mol. The first kappa shape index (κ1) is 13.6. The molecule has 0 aromatic heterocycles. The largest absolute Gasteiger partial charge is 0.388 e. The molecule has 2 rings (SSSR count). The van der Waals surface area contributed by atoms with Crippen molar-refractivity contribution in [3.63, 3.8) is 0 Å². The molecule has 98 valence electrons. The number of benzene rings is 2. The standard InChI is InChI=1S/C18H20O/c1-2-16(14-13-15-9-5-3-6-10-15)18(19)17-11-7-4-8-12-17/h2-12,16,18-19H,1,13-14H2/t16-,18+/m1/s1. The molecule has 0 amide bonds. The van der Waals surface area contributed by atoms with Crippen LogP contribution in [0.2, 0.25) is 0 Å². The zero-order valence-corrected chi connectivity index (χ0v) is 11.1. The summed E-state index contributed by atoms with van der Waals surface area (Å²) < 4.78 is 0. The highest BCUT2D eigenvalue weighted by atomic mass is 16.3. The Kier molecular flexibility index (Phi) is 4.93. The molecule has 0 saturated heterocycles. The SMILES string of the molecule is C=C[C@H](CCc1ccccc1)[C@H](O)c1ccccc1. The summed E-state index contributed by atoms with van der Waals surface area (Å²) >= 11 is 0. The average molecular weight is 252 g/mol. The Morgan fingerprint density at radius 3 is 2.11 bits per heavy atom. The summed E-state index contributed by atoms with van der Waals surface area (Å²) in [5.41, 5.74) is 2.26. The van der Waals surface area contributed by atoms with Crippen LogP contribution in [0.3, 0.4) is 0 Å².